The van der Waals surface area contributed by atoms with Gasteiger partial charge < -0.3 is 16.0 Å². The van der Waals surface area contributed by atoms with Gasteiger partial charge in [0.2, 0.25) is 17.7 Å². The molecule has 1 heterocycles. The summed E-state index contributed by atoms with van der Waals surface area (Å²) in [6.45, 7) is 4.71. The summed E-state index contributed by atoms with van der Waals surface area (Å²) in [5.74, 6) is -2.19. The van der Waals surface area contributed by atoms with E-state index >= 15 is 0 Å². The molecule has 0 spiro atoms. The molecule has 3 atom stereocenters. The highest BCUT2D eigenvalue weighted by Gasteiger charge is 2.37. The van der Waals surface area contributed by atoms with Gasteiger partial charge in [0, 0.05) is 13.1 Å². The summed E-state index contributed by atoms with van der Waals surface area (Å²) in [7, 11) is 0. The third-order valence-corrected chi connectivity index (χ3v) is 8.36. The second-order valence-corrected chi connectivity index (χ2v) is 11.2. The third-order valence-electron chi connectivity index (χ3n) is 8.07. The Bertz CT molecular complexity index is 1220. The van der Waals surface area contributed by atoms with Crippen molar-refractivity contribution in [3.63, 3.8) is 0 Å². The van der Waals surface area contributed by atoms with Gasteiger partial charge in [-0.15, -0.1) is 6.58 Å². The Kier molecular flexibility index (Phi) is 9.78. The lowest BCUT2D eigenvalue weighted by Crippen LogP contribution is -2.51. The van der Waals surface area contributed by atoms with Crippen LogP contribution in [0.15, 0.2) is 55.1 Å². The third kappa shape index (κ3) is 7.27. The lowest BCUT2D eigenvalue weighted by Gasteiger charge is -2.33. The Hall–Kier alpha value is -3.19. The summed E-state index contributed by atoms with van der Waals surface area (Å²) in [6, 6.07) is 11.7. The number of halogens is 2. The van der Waals surface area contributed by atoms with E-state index in [1.807, 2.05) is 24.3 Å². The highest BCUT2D eigenvalue weighted by molar-refractivity contribution is 6.31. The summed E-state index contributed by atoms with van der Waals surface area (Å²) < 4.78 is 13.6. The average molecular weight is 554 g/mol. The van der Waals surface area contributed by atoms with Crippen molar-refractivity contribution in [2.75, 3.05) is 6.54 Å². The maximum atomic E-state index is 13.6. The molecule has 39 heavy (non-hydrogen) atoms. The van der Waals surface area contributed by atoms with E-state index in [1.165, 1.54) is 6.07 Å². The Labute approximate surface area is 234 Å². The second-order valence-electron chi connectivity index (χ2n) is 10.8. The van der Waals surface area contributed by atoms with Gasteiger partial charge in [-0.25, -0.2) is 4.39 Å². The van der Waals surface area contributed by atoms with Crippen LogP contribution >= 0.6 is 11.6 Å². The number of nitrogens with two attached hydrogens (primary N) is 1. The minimum absolute atomic E-state index is 0.0569. The van der Waals surface area contributed by atoms with E-state index in [9.17, 15) is 18.8 Å². The van der Waals surface area contributed by atoms with Crippen LogP contribution in [0.25, 0.3) is 11.1 Å². The van der Waals surface area contributed by atoms with Crippen molar-refractivity contribution in [1.82, 2.24) is 10.2 Å². The van der Waals surface area contributed by atoms with Gasteiger partial charge in [0.15, 0.2) is 0 Å². The molecule has 0 bridgehead atoms. The molecule has 2 unspecified atom stereocenters. The van der Waals surface area contributed by atoms with E-state index in [2.05, 4.69) is 11.9 Å². The number of carbonyl (C=O) groups excluding carboxylic acids is 3. The second kappa shape index (κ2) is 13.2. The number of rotatable bonds is 11. The summed E-state index contributed by atoms with van der Waals surface area (Å²) in [5.41, 5.74) is 8.28. The lowest BCUT2D eigenvalue weighted by atomic mass is 9.74. The fraction of sp³-hybridized carbons (Fsp3) is 0.452. The smallest absolute Gasteiger partial charge is 0.245 e. The van der Waals surface area contributed by atoms with Crippen LogP contribution in [-0.4, -0.2) is 35.2 Å². The number of amides is 3. The Balaban J connectivity index is 1.48. The Morgan fingerprint density at radius 3 is 2.54 bits per heavy atom. The number of hydrogen-bond acceptors (Lipinski definition) is 3. The van der Waals surface area contributed by atoms with E-state index in [0.717, 1.165) is 48.8 Å². The van der Waals surface area contributed by atoms with E-state index in [0.29, 0.717) is 38.3 Å². The minimum Gasteiger partial charge on any atom is -0.369 e. The van der Waals surface area contributed by atoms with Crippen LogP contribution in [0.2, 0.25) is 5.02 Å². The molecular weight excluding hydrogens is 517 g/mol. The van der Waals surface area contributed by atoms with Crippen LogP contribution in [0.5, 0.6) is 0 Å². The molecule has 0 aromatic heterocycles. The predicted molar refractivity (Wildman–Crippen MR) is 151 cm³/mol. The quantitative estimate of drug-likeness (QED) is 0.353. The van der Waals surface area contributed by atoms with Gasteiger partial charge >= 0.3 is 0 Å². The number of nitrogens with zero attached hydrogens (tertiary/aromatic N) is 1. The molecule has 0 radical (unpaired) electrons. The minimum atomic E-state index is -0.653. The zero-order valence-corrected chi connectivity index (χ0v) is 23.0. The van der Waals surface area contributed by atoms with Crippen LogP contribution in [0.3, 0.4) is 0 Å². The van der Waals surface area contributed by atoms with Crippen molar-refractivity contribution in [2.24, 2.45) is 23.5 Å². The molecule has 3 N–H and O–H groups in total. The van der Waals surface area contributed by atoms with Gasteiger partial charge in [-0.1, -0.05) is 61.2 Å². The topological polar surface area (TPSA) is 92.5 Å². The standard InChI is InChI=1S/C31H37ClFN3O3/c1-2-7-24(29(34)37)25(17-20-8-5-9-20)30(38)35-28-12-3-4-15-36(31(28)39)19-21-10-6-11-22(16-21)23-13-14-27(33)26(32)18-23/h2,6,10-11,13-14,16,18,20,24-25,28H,1,3-5,7-9,12,15,17,19H2,(H2,34,37)(H,35,38)/t24?,25?,28-/m0/s1. The van der Waals surface area contributed by atoms with Gasteiger partial charge in [-0.2, -0.15) is 0 Å². The van der Waals surface area contributed by atoms with Gasteiger partial charge in [-0.3, -0.25) is 14.4 Å². The van der Waals surface area contributed by atoms with Crippen LogP contribution < -0.4 is 11.1 Å². The first-order valence-corrected chi connectivity index (χ1v) is 14.2. The molecule has 6 nitrogen and oxygen atoms in total. The highest BCUT2D eigenvalue weighted by Crippen LogP contribution is 2.36. The molecule has 1 saturated heterocycles. The fourth-order valence-electron chi connectivity index (χ4n) is 5.62. The number of hydrogen-bond donors (Lipinski definition) is 2. The van der Waals surface area contributed by atoms with Crippen molar-refractivity contribution < 1.29 is 18.8 Å². The van der Waals surface area contributed by atoms with Crippen molar-refractivity contribution in [3.05, 3.63) is 71.5 Å². The lowest BCUT2D eigenvalue weighted by molar-refractivity contribution is -0.139. The van der Waals surface area contributed by atoms with Crippen LogP contribution in [0.1, 0.15) is 56.9 Å². The molecule has 2 aromatic rings. The Morgan fingerprint density at radius 2 is 1.87 bits per heavy atom. The van der Waals surface area contributed by atoms with E-state index < -0.39 is 29.6 Å². The summed E-state index contributed by atoms with van der Waals surface area (Å²) in [4.78, 5) is 41.2. The Morgan fingerprint density at radius 1 is 1.10 bits per heavy atom. The summed E-state index contributed by atoms with van der Waals surface area (Å²) in [6.07, 6.45) is 7.96. The molecule has 208 valence electrons. The number of benzene rings is 2. The first kappa shape index (κ1) is 28.8. The van der Waals surface area contributed by atoms with Gasteiger partial charge in [0.05, 0.1) is 16.9 Å². The number of carbonyl (C=O) groups is 3. The maximum absolute atomic E-state index is 13.6. The van der Waals surface area contributed by atoms with Crippen molar-refractivity contribution in [3.8, 4) is 11.1 Å². The molecule has 2 aliphatic rings. The molecule has 2 aromatic carbocycles. The molecule has 1 aliphatic carbocycles. The summed E-state index contributed by atoms with van der Waals surface area (Å²) >= 11 is 5.98. The van der Waals surface area contributed by atoms with Crippen LogP contribution in [0, 0.1) is 23.6 Å². The van der Waals surface area contributed by atoms with Crippen molar-refractivity contribution >= 4 is 29.3 Å². The van der Waals surface area contributed by atoms with Crippen molar-refractivity contribution in [1.29, 1.82) is 0 Å². The first-order chi connectivity index (χ1) is 18.8. The zero-order valence-electron chi connectivity index (χ0n) is 22.2. The van der Waals surface area contributed by atoms with Crippen LogP contribution in [-0.2, 0) is 20.9 Å². The van der Waals surface area contributed by atoms with Gasteiger partial charge in [0.25, 0.3) is 0 Å². The largest absolute Gasteiger partial charge is 0.369 e. The number of nitrogens with one attached hydrogen (secondary N) is 1. The molecule has 1 aliphatic heterocycles. The molecule has 8 heteroatoms. The van der Waals surface area contributed by atoms with Gasteiger partial charge in [0.1, 0.15) is 11.9 Å². The average Bonchev–Trinajstić information content (AvgIpc) is 3.05. The summed E-state index contributed by atoms with van der Waals surface area (Å²) in [5, 5.41) is 3.06. The number of allylic oxidation sites excluding steroid dienone is 1. The van der Waals surface area contributed by atoms with E-state index in [1.54, 1.807) is 23.1 Å². The van der Waals surface area contributed by atoms with E-state index in [-0.39, 0.29) is 16.8 Å². The fourth-order valence-corrected chi connectivity index (χ4v) is 5.80. The SMILES string of the molecule is C=CCC(C(N)=O)C(CC1CCC1)C(=O)N[C@H]1CCCCN(Cc2cccc(-c3ccc(F)c(Cl)c3)c2)C1=O. The van der Waals surface area contributed by atoms with E-state index in [4.69, 9.17) is 17.3 Å². The first-order valence-electron chi connectivity index (χ1n) is 13.8. The zero-order chi connectivity index (χ0) is 27.9. The monoisotopic (exact) mass is 553 g/mol. The predicted octanol–water partition coefficient (Wildman–Crippen LogP) is 5.63. The van der Waals surface area contributed by atoms with Crippen molar-refractivity contribution in [2.45, 2.75) is 64.0 Å². The highest BCUT2D eigenvalue weighted by atomic mass is 35.5. The number of primary amides is 1. The number of likely N-dealkylation sites (tertiary alicyclic amines) is 1. The maximum Gasteiger partial charge on any atom is 0.245 e. The normalized spacial score (nSPS) is 19.5. The van der Waals surface area contributed by atoms with Gasteiger partial charge in [-0.05, 0) is 72.9 Å². The van der Waals surface area contributed by atoms with Crippen LogP contribution in [0.4, 0.5) is 4.39 Å². The molecule has 3 amide bonds. The molecular formula is C31H37ClFN3O3. The molecule has 4 rings (SSSR count). The molecule has 1 saturated carbocycles. The molecule has 2 fully saturated rings.